The van der Waals surface area contributed by atoms with E-state index in [-0.39, 0.29) is 11.4 Å². The number of unbranched alkanes of at least 4 members (excludes halogenated alkanes) is 11. The fourth-order valence-corrected chi connectivity index (χ4v) is 4.82. The Morgan fingerprint density at radius 1 is 0.800 bits per heavy atom. The standard InChI is InChI=1S/C35H46O5/c1-3-4-5-6-7-8-9-10-11-12-13-14-15-16-17-18-34(36)40-31-23-24-32-33(26-31)39-27-29(35(32)37)25-28-19-21-30(38-2)22-20-28/h10-11,19-24,26-27H,3-9,12-18,25H2,1-2H3/b11-10-. The maximum absolute atomic E-state index is 13.0. The van der Waals surface area contributed by atoms with E-state index in [4.69, 9.17) is 13.9 Å². The van der Waals surface area contributed by atoms with E-state index in [2.05, 4.69) is 19.1 Å². The first-order chi connectivity index (χ1) is 19.6. The van der Waals surface area contributed by atoms with Crippen molar-refractivity contribution in [2.45, 2.75) is 103 Å². The van der Waals surface area contributed by atoms with Gasteiger partial charge in [0.25, 0.3) is 0 Å². The lowest BCUT2D eigenvalue weighted by Crippen LogP contribution is -2.10. The number of carbonyl (C=O) groups is 1. The van der Waals surface area contributed by atoms with Crippen molar-refractivity contribution in [3.05, 3.63) is 82.2 Å². The van der Waals surface area contributed by atoms with Crippen LogP contribution in [0.25, 0.3) is 11.0 Å². The van der Waals surface area contributed by atoms with Gasteiger partial charge in [0.1, 0.15) is 17.1 Å². The number of esters is 1. The Hall–Kier alpha value is -3.34. The Labute approximate surface area is 239 Å². The Morgan fingerprint density at radius 3 is 2.10 bits per heavy atom. The molecule has 0 fully saturated rings. The molecule has 0 aliphatic carbocycles. The molecule has 3 rings (SSSR count). The van der Waals surface area contributed by atoms with Crippen molar-refractivity contribution in [3.8, 4) is 11.5 Å². The number of benzene rings is 2. The summed E-state index contributed by atoms with van der Waals surface area (Å²) in [6.45, 7) is 2.26. The first-order valence-electron chi connectivity index (χ1n) is 15.1. The van der Waals surface area contributed by atoms with Gasteiger partial charge in [-0.3, -0.25) is 9.59 Å². The van der Waals surface area contributed by atoms with Gasteiger partial charge >= 0.3 is 5.97 Å². The van der Waals surface area contributed by atoms with Gasteiger partial charge in [-0.1, -0.05) is 82.6 Å². The highest BCUT2D eigenvalue weighted by atomic mass is 16.5. The number of fused-ring (bicyclic) bond motifs is 1. The summed E-state index contributed by atoms with van der Waals surface area (Å²) in [5.41, 5.74) is 1.90. The minimum atomic E-state index is -0.254. The zero-order chi connectivity index (χ0) is 28.4. The lowest BCUT2D eigenvalue weighted by Gasteiger charge is -2.07. The summed E-state index contributed by atoms with van der Waals surface area (Å²) in [6.07, 6.45) is 22.9. The van der Waals surface area contributed by atoms with Crippen LogP contribution in [0.2, 0.25) is 0 Å². The summed E-state index contributed by atoms with van der Waals surface area (Å²) < 4.78 is 16.4. The molecule has 0 spiro atoms. The van der Waals surface area contributed by atoms with Crippen LogP contribution in [0.15, 0.2) is 70.1 Å². The molecule has 0 unspecified atom stereocenters. The molecule has 0 amide bonds. The largest absolute Gasteiger partial charge is 0.497 e. The zero-order valence-electron chi connectivity index (χ0n) is 24.4. The van der Waals surface area contributed by atoms with Crippen LogP contribution in [0, 0.1) is 0 Å². The molecule has 0 N–H and O–H groups in total. The summed E-state index contributed by atoms with van der Waals surface area (Å²) in [6, 6.07) is 12.6. The minimum Gasteiger partial charge on any atom is -0.497 e. The third-order valence-electron chi connectivity index (χ3n) is 7.25. The predicted molar refractivity (Wildman–Crippen MR) is 163 cm³/mol. The molecule has 0 radical (unpaired) electrons. The van der Waals surface area contributed by atoms with Gasteiger partial charge in [0, 0.05) is 24.5 Å². The van der Waals surface area contributed by atoms with Crippen LogP contribution in [0.1, 0.15) is 108 Å². The van der Waals surface area contributed by atoms with E-state index in [1.807, 2.05) is 24.3 Å². The molecular formula is C35H46O5. The van der Waals surface area contributed by atoms with E-state index in [1.54, 1.807) is 25.3 Å². The van der Waals surface area contributed by atoms with Gasteiger partial charge < -0.3 is 13.9 Å². The SMILES string of the molecule is CCCCCCCC/C=C\CCCCCCCC(=O)Oc1ccc2c(=O)c(Cc3ccc(OC)cc3)coc2c1. The molecular weight excluding hydrogens is 500 g/mol. The predicted octanol–water partition coefficient (Wildman–Crippen LogP) is 9.34. The quantitative estimate of drug-likeness (QED) is 0.0648. The zero-order valence-corrected chi connectivity index (χ0v) is 24.4. The maximum Gasteiger partial charge on any atom is 0.311 e. The van der Waals surface area contributed by atoms with Crippen molar-refractivity contribution in [3.63, 3.8) is 0 Å². The second-order valence-corrected chi connectivity index (χ2v) is 10.6. The molecule has 216 valence electrons. The van der Waals surface area contributed by atoms with E-state index in [0.717, 1.165) is 37.0 Å². The monoisotopic (exact) mass is 546 g/mol. The van der Waals surface area contributed by atoms with Crippen molar-refractivity contribution in [1.82, 2.24) is 0 Å². The Balaban J connectivity index is 1.31. The van der Waals surface area contributed by atoms with E-state index in [9.17, 15) is 9.59 Å². The van der Waals surface area contributed by atoms with Crippen LogP contribution >= 0.6 is 0 Å². The molecule has 5 nitrogen and oxygen atoms in total. The molecule has 0 bridgehead atoms. The summed E-state index contributed by atoms with van der Waals surface area (Å²) in [5.74, 6) is 0.917. The van der Waals surface area contributed by atoms with E-state index in [1.165, 1.54) is 64.1 Å². The lowest BCUT2D eigenvalue weighted by molar-refractivity contribution is -0.134. The Morgan fingerprint density at radius 2 is 1.43 bits per heavy atom. The fraction of sp³-hybridized carbons (Fsp3) is 0.486. The molecule has 0 aliphatic rings. The highest BCUT2D eigenvalue weighted by molar-refractivity contribution is 5.80. The number of rotatable bonds is 19. The average Bonchev–Trinajstić information content (AvgIpc) is 2.97. The van der Waals surface area contributed by atoms with Crippen molar-refractivity contribution in [1.29, 1.82) is 0 Å². The second-order valence-electron chi connectivity index (χ2n) is 10.6. The van der Waals surface area contributed by atoms with Crippen molar-refractivity contribution < 1.29 is 18.7 Å². The number of hydrogen-bond acceptors (Lipinski definition) is 5. The van der Waals surface area contributed by atoms with E-state index < -0.39 is 0 Å². The molecule has 40 heavy (non-hydrogen) atoms. The molecule has 0 atom stereocenters. The molecule has 5 heteroatoms. The first-order valence-corrected chi connectivity index (χ1v) is 15.1. The summed E-state index contributed by atoms with van der Waals surface area (Å²) in [7, 11) is 1.62. The van der Waals surface area contributed by atoms with Crippen LogP contribution in [0.5, 0.6) is 11.5 Å². The normalized spacial score (nSPS) is 11.3. The van der Waals surface area contributed by atoms with Crippen LogP contribution in [0.4, 0.5) is 0 Å². The highest BCUT2D eigenvalue weighted by Gasteiger charge is 2.11. The smallest absolute Gasteiger partial charge is 0.311 e. The lowest BCUT2D eigenvalue weighted by atomic mass is 10.0. The molecule has 1 aromatic heterocycles. The van der Waals surface area contributed by atoms with Gasteiger partial charge in [0.05, 0.1) is 18.8 Å². The number of carbonyl (C=O) groups excluding carboxylic acids is 1. The number of methoxy groups -OCH3 is 1. The Kier molecular flexibility index (Phi) is 14.1. The van der Waals surface area contributed by atoms with Crippen LogP contribution < -0.4 is 14.9 Å². The molecule has 0 saturated carbocycles. The van der Waals surface area contributed by atoms with E-state index in [0.29, 0.717) is 35.1 Å². The average molecular weight is 547 g/mol. The molecule has 0 saturated heterocycles. The van der Waals surface area contributed by atoms with Crippen molar-refractivity contribution in [2.24, 2.45) is 0 Å². The summed E-state index contributed by atoms with van der Waals surface area (Å²) in [4.78, 5) is 25.3. The van der Waals surface area contributed by atoms with Gasteiger partial charge in [-0.25, -0.2) is 0 Å². The number of ether oxygens (including phenoxy) is 2. The second kappa shape index (κ2) is 18.1. The summed E-state index contributed by atoms with van der Waals surface area (Å²) >= 11 is 0. The topological polar surface area (TPSA) is 65.7 Å². The van der Waals surface area contributed by atoms with Gasteiger partial charge in [0.2, 0.25) is 0 Å². The fourth-order valence-electron chi connectivity index (χ4n) is 4.82. The van der Waals surface area contributed by atoms with Crippen molar-refractivity contribution in [2.75, 3.05) is 7.11 Å². The first kappa shape index (κ1) is 31.2. The number of allylic oxidation sites excluding steroid dienone is 2. The van der Waals surface area contributed by atoms with Crippen molar-refractivity contribution >= 4 is 16.9 Å². The minimum absolute atomic E-state index is 0.0803. The van der Waals surface area contributed by atoms with Crippen LogP contribution in [0.3, 0.4) is 0 Å². The van der Waals surface area contributed by atoms with Gasteiger partial charge in [-0.05, 0) is 61.9 Å². The highest BCUT2D eigenvalue weighted by Crippen LogP contribution is 2.21. The van der Waals surface area contributed by atoms with Crippen LogP contribution in [-0.4, -0.2) is 13.1 Å². The maximum atomic E-state index is 13.0. The van der Waals surface area contributed by atoms with E-state index >= 15 is 0 Å². The molecule has 1 heterocycles. The molecule has 2 aromatic carbocycles. The third kappa shape index (κ3) is 11.0. The summed E-state index contributed by atoms with van der Waals surface area (Å²) in [5, 5.41) is 0.475. The molecule has 3 aromatic rings. The van der Waals surface area contributed by atoms with Gasteiger partial charge in [-0.15, -0.1) is 0 Å². The van der Waals surface area contributed by atoms with Gasteiger partial charge in [-0.2, -0.15) is 0 Å². The van der Waals surface area contributed by atoms with Gasteiger partial charge in [0.15, 0.2) is 5.43 Å². The third-order valence-corrected chi connectivity index (χ3v) is 7.25. The van der Waals surface area contributed by atoms with Crippen LogP contribution in [-0.2, 0) is 11.2 Å². The Bertz CT molecular complexity index is 1240. The number of hydrogen-bond donors (Lipinski definition) is 0. The molecule has 0 aliphatic heterocycles.